The number of oxime groups is 1. The van der Waals surface area contributed by atoms with Crippen LogP contribution in [0.5, 0.6) is 0 Å². The first kappa shape index (κ1) is 9.65. The van der Waals surface area contributed by atoms with Crippen LogP contribution in [0, 0.1) is 0 Å². The Morgan fingerprint density at radius 1 is 1.07 bits per heavy atom. The van der Waals surface area contributed by atoms with E-state index in [0.717, 1.165) is 5.57 Å². The quantitative estimate of drug-likeness (QED) is 0.517. The van der Waals surface area contributed by atoms with E-state index in [4.69, 9.17) is 5.21 Å². The highest BCUT2D eigenvalue weighted by molar-refractivity contribution is 6.28. The number of carbonyl (C=O) groups excluding carboxylic acids is 1. The zero-order valence-electron chi connectivity index (χ0n) is 8.61. The van der Waals surface area contributed by atoms with Gasteiger partial charge in [-0.25, -0.2) is 0 Å². The minimum absolute atomic E-state index is 0.00972. The first-order valence-corrected chi connectivity index (χ1v) is 4.71. The van der Waals surface area contributed by atoms with Crippen molar-refractivity contribution in [2.45, 2.75) is 13.8 Å². The number of ketones is 1. The lowest BCUT2D eigenvalue weighted by Crippen LogP contribution is -2.20. The molecule has 3 heteroatoms. The van der Waals surface area contributed by atoms with Crippen molar-refractivity contribution in [3.63, 3.8) is 0 Å². The molecule has 0 atom stereocenters. The molecule has 1 aliphatic rings. The van der Waals surface area contributed by atoms with Crippen molar-refractivity contribution in [3.8, 4) is 0 Å². The molecule has 0 saturated carbocycles. The molecule has 0 bridgehead atoms. The minimum atomic E-state index is 0.00972. The van der Waals surface area contributed by atoms with Gasteiger partial charge in [0.25, 0.3) is 0 Å². The Hall–Kier alpha value is -1.90. The molecule has 1 aliphatic carbocycles. The lowest BCUT2D eigenvalue weighted by atomic mass is 9.85. The van der Waals surface area contributed by atoms with Crippen molar-refractivity contribution < 1.29 is 10.0 Å². The highest BCUT2D eigenvalue weighted by Gasteiger charge is 2.25. The Morgan fingerprint density at radius 3 is 2.27 bits per heavy atom. The number of hydrogen-bond donors (Lipinski definition) is 1. The van der Waals surface area contributed by atoms with Crippen molar-refractivity contribution >= 4 is 11.5 Å². The van der Waals surface area contributed by atoms with E-state index in [2.05, 4.69) is 5.16 Å². The second-order valence-corrected chi connectivity index (χ2v) is 3.57. The van der Waals surface area contributed by atoms with Gasteiger partial charge in [0, 0.05) is 16.7 Å². The summed E-state index contributed by atoms with van der Waals surface area (Å²) in [4.78, 5) is 11.9. The number of allylic oxidation sites excluding steroid dienone is 2. The lowest BCUT2D eigenvalue weighted by Gasteiger charge is -2.18. The van der Waals surface area contributed by atoms with Crippen molar-refractivity contribution in [2.24, 2.45) is 5.16 Å². The average Bonchev–Trinajstić information content (AvgIpc) is 2.27. The number of fused-ring (bicyclic) bond motifs is 1. The Kier molecular flexibility index (Phi) is 2.15. The van der Waals surface area contributed by atoms with Crippen LogP contribution in [0.2, 0.25) is 0 Å². The molecule has 1 N–H and O–H groups in total. The number of rotatable bonds is 0. The number of benzene rings is 1. The summed E-state index contributed by atoms with van der Waals surface area (Å²) >= 11 is 0. The summed E-state index contributed by atoms with van der Waals surface area (Å²) in [6, 6.07) is 7.17. The monoisotopic (exact) mass is 201 g/mol. The molecule has 2 rings (SSSR count). The molecule has 0 heterocycles. The highest BCUT2D eigenvalue weighted by Crippen LogP contribution is 2.25. The molecule has 1 aromatic rings. The molecule has 0 saturated heterocycles. The van der Waals surface area contributed by atoms with Crippen LogP contribution < -0.4 is 0 Å². The number of hydrogen-bond acceptors (Lipinski definition) is 3. The maximum atomic E-state index is 11.9. The van der Waals surface area contributed by atoms with Gasteiger partial charge in [-0.2, -0.15) is 0 Å². The summed E-state index contributed by atoms with van der Waals surface area (Å²) < 4.78 is 0. The lowest BCUT2D eigenvalue weighted by molar-refractivity contribution is 0.103. The third-order valence-electron chi connectivity index (χ3n) is 2.79. The van der Waals surface area contributed by atoms with Gasteiger partial charge >= 0.3 is 0 Å². The van der Waals surface area contributed by atoms with Gasteiger partial charge in [-0.3, -0.25) is 4.79 Å². The average molecular weight is 201 g/mol. The van der Waals surface area contributed by atoms with E-state index < -0.39 is 0 Å². The van der Waals surface area contributed by atoms with Gasteiger partial charge in [0.05, 0.1) is 0 Å². The fraction of sp³-hybridized carbons (Fsp3) is 0.167. The molecule has 3 nitrogen and oxygen atoms in total. The van der Waals surface area contributed by atoms with Crippen LogP contribution in [-0.4, -0.2) is 16.7 Å². The van der Waals surface area contributed by atoms with Gasteiger partial charge in [0.1, 0.15) is 5.71 Å². The first-order chi connectivity index (χ1) is 7.16. The topological polar surface area (TPSA) is 49.7 Å². The maximum Gasteiger partial charge on any atom is 0.189 e. The highest BCUT2D eigenvalue weighted by atomic mass is 16.4. The Bertz CT molecular complexity index is 498. The first-order valence-electron chi connectivity index (χ1n) is 4.71. The zero-order chi connectivity index (χ0) is 11.0. The Labute approximate surface area is 87.7 Å². The van der Waals surface area contributed by atoms with Gasteiger partial charge in [-0.1, -0.05) is 29.4 Å². The van der Waals surface area contributed by atoms with Crippen molar-refractivity contribution in [2.75, 3.05) is 0 Å². The fourth-order valence-corrected chi connectivity index (χ4v) is 1.77. The molecule has 0 aliphatic heterocycles. The normalized spacial score (nSPS) is 18.3. The largest absolute Gasteiger partial charge is 0.410 e. The summed E-state index contributed by atoms with van der Waals surface area (Å²) in [5.74, 6) is 0.00972. The predicted octanol–water partition coefficient (Wildman–Crippen LogP) is 2.40. The zero-order valence-corrected chi connectivity index (χ0v) is 8.61. The van der Waals surface area contributed by atoms with Gasteiger partial charge in [-0.05, 0) is 19.4 Å². The third kappa shape index (κ3) is 1.28. The Morgan fingerprint density at radius 2 is 1.67 bits per heavy atom. The van der Waals surface area contributed by atoms with Gasteiger partial charge in [-0.15, -0.1) is 0 Å². The summed E-state index contributed by atoms with van der Waals surface area (Å²) in [5.41, 5.74) is 3.17. The summed E-state index contributed by atoms with van der Waals surface area (Å²) in [5, 5.41) is 12.2. The predicted molar refractivity (Wildman–Crippen MR) is 57.5 cm³/mol. The maximum absolute atomic E-state index is 11.9. The van der Waals surface area contributed by atoms with E-state index in [-0.39, 0.29) is 5.78 Å². The van der Waals surface area contributed by atoms with E-state index in [1.54, 1.807) is 32.0 Å². The van der Waals surface area contributed by atoms with Crippen LogP contribution in [0.3, 0.4) is 0 Å². The SMILES string of the molecule is CC1=C(C)/C(=N/O)c2ccccc2C1=O. The molecular formula is C12H11NO2. The van der Waals surface area contributed by atoms with E-state index in [0.29, 0.717) is 22.4 Å². The van der Waals surface area contributed by atoms with Crippen LogP contribution in [0.15, 0.2) is 40.6 Å². The Balaban J connectivity index is 2.76. The molecular weight excluding hydrogens is 190 g/mol. The van der Waals surface area contributed by atoms with E-state index in [9.17, 15) is 4.79 Å². The molecule has 0 fully saturated rings. The van der Waals surface area contributed by atoms with Crippen LogP contribution in [-0.2, 0) is 0 Å². The standard InChI is InChI=1S/C12H11NO2/c1-7-8(2)12(14)10-6-4-3-5-9(10)11(7)13-15/h3-6,15H,1-2H3/b13-11-. The number of nitrogens with zero attached hydrogens (tertiary/aromatic N) is 1. The molecule has 1 aromatic carbocycles. The van der Waals surface area contributed by atoms with Gasteiger partial charge in [0.15, 0.2) is 5.78 Å². The fourth-order valence-electron chi connectivity index (χ4n) is 1.77. The van der Waals surface area contributed by atoms with E-state index >= 15 is 0 Å². The smallest absolute Gasteiger partial charge is 0.189 e. The summed E-state index contributed by atoms with van der Waals surface area (Å²) in [7, 11) is 0. The van der Waals surface area contributed by atoms with Gasteiger partial charge < -0.3 is 5.21 Å². The molecule has 0 radical (unpaired) electrons. The van der Waals surface area contributed by atoms with Crippen LogP contribution in [0.1, 0.15) is 29.8 Å². The molecule has 0 aromatic heterocycles. The van der Waals surface area contributed by atoms with Crippen molar-refractivity contribution in [1.82, 2.24) is 0 Å². The second-order valence-electron chi connectivity index (χ2n) is 3.57. The number of Topliss-reactive ketones (excluding diaryl/α,β-unsaturated/α-hetero) is 1. The summed E-state index contributed by atoms with van der Waals surface area (Å²) in [6.45, 7) is 3.54. The van der Waals surface area contributed by atoms with E-state index in [1.807, 2.05) is 6.07 Å². The molecule has 0 unspecified atom stereocenters. The molecule has 15 heavy (non-hydrogen) atoms. The van der Waals surface area contributed by atoms with Crippen molar-refractivity contribution in [3.05, 3.63) is 46.5 Å². The van der Waals surface area contributed by atoms with Gasteiger partial charge in [0.2, 0.25) is 0 Å². The molecule has 0 spiro atoms. The van der Waals surface area contributed by atoms with Crippen LogP contribution >= 0.6 is 0 Å². The molecule has 76 valence electrons. The van der Waals surface area contributed by atoms with E-state index in [1.165, 1.54) is 0 Å². The van der Waals surface area contributed by atoms with Crippen LogP contribution in [0.25, 0.3) is 0 Å². The second kappa shape index (κ2) is 3.35. The van der Waals surface area contributed by atoms with Crippen molar-refractivity contribution in [1.29, 1.82) is 0 Å². The molecule has 0 amide bonds. The minimum Gasteiger partial charge on any atom is -0.410 e. The third-order valence-corrected chi connectivity index (χ3v) is 2.79. The number of carbonyl (C=O) groups is 1. The van der Waals surface area contributed by atoms with Crippen LogP contribution in [0.4, 0.5) is 0 Å². The summed E-state index contributed by atoms with van der Waals surface area (Å²) in [6.07, 6.45) is 0.